The highest BCUT2D eigenvalue weighted by Gasteiger charge is 2.30. The first-order valence-electron chi connectivity index (χ1n) is 12.4. The second-order valence-electron chi connectivity index (χ2n) is 9.39. The lowest BCUT2D eigenvalue weighted by Crippen LogP contribution is -2.51. The molecule has 35 heavy (non-hydrogen) atoms. The van der Waals surface area contributed by atoms with Crippen LogP contribution in [0.15, 0.2) is 46.3 Å². The minimum Gasteiger partial charge on any atom is -0.492 e. The van der Waals surface area contributed by atoms with Gasteiger partial charge in [0.05, 0.1) is 23.5 Å². The number of morpholine rings is 1. The molecule has 0 amide bonds. The van der Waals surface area contributed by atoms with E-state index in [1.165, 1.54) is 0 Å². The Hall–Kier alpha value is -3.08. The molecule has 3 atom stereocenters. The fourth-order valence-corrected chi connectivity index (χ4v) is 4.86. The van der Waals surface area contributed by atoms with E-state index in [1.807, 2.05) is 30.3 Å². The fourth-order valence-electron chi connectivity index (χ4n) is 4.86. The zero-order valence-corrected chi connectivity index (χ0v) is 20.4. The van der Waals surface area contributed by atoms with Crippen LogP contribution in [-0.4, -0.2) is 85.4 Å². The fraction of sp³-hybridized carbons (Fsp3) is 0.520. The van der Waals surface area contributed by atoms with Crippen molar-refractivity contribution in [3.8, 4) is 5.75 Å². The SMILES string of the molecule is CC1CN(C2=NC(Nc3ccc(OCCN4CCNCC4)cc3)c3c(cc[nH]c3=O)N2)CC(C)O1. The first kappa shape index (κ1) is 23.7. The number of aromatic amines is 1. The predicted octanol–water partition coefficient (Wildman–Crippen LogP) is 1.66. The van der Waals surface area contributed by atoms with E-state index in [0.717, 1.165) is 68.9 Å². The van der Waals surface area contributed by atoms with Crippen molar-refractivity contribution >= 4 is 17.3 Å². The summed E-state index contributed by atoms with van der Waals surface area (Å²) < 4.78 is 11.8. The summed E-state index contributed by atoms with van der Waals surface area (Å²) in [5.74, 6) is 1.57. The molecule has 10 heteroatoms. The van der Waals surface area contributed by atoms with Crippen molar-refractivity contribution in [2.24, 2.45) is 4.99 Å². The molecule has 0 spiro atoms. The molecule has 5 rings (SSSR count). The van der Waals surface area contributed by atoms with Gasteiger partial charge >= 0.3 is 0 Å². The molecule has 2 aromatic rings. The topological polar surface area (TPSA) is 106 Å². The molecule has 2 saturated heterocycles. The average molecular weight is 482 g/mol. The minimum atomic E-state index is -0.515. The van der Waals surface area contributed by atoms with Gasteiger partial charge in [0.25, 0.3) is 5.56 Å². The van der Waals surface area contributed by atoms with Gasteiger partial charge < -0.3 is 35.3 Å². The van der Waals surface area contributed by atoms with Crippen molar-refractivity contribution in [1.29, 1.82) is 0 Å². The summed E-state index contributed by atoms with van der Waals surface area (Å²) in [6, 6.07) is 9.71. The lowest BCUT2D eigenvalue weighted by molar-refractivity contribution is -0.0481. The molecular weight excluding hydrogens is 446 g/mol. The molecule has 0 aliphatic carbocycles. The smallest absolute Gasteiger partial charge is 0.257 e. The monoisotopic (exact) mass is 481 g/mol. The number of fused-ring (bicyclic) bond motifs is 1. The third kappa shape index (κ3) is 5.77. The molecule has 2 fully saturated rings. The number of anilines is 2. The number of nitrogens with zero attached hydrogens (tertiary/aromatic N) is 3. The number of aliphatic imine (C=N–C) groups is 1. The van der Waals surface area contributed by atoms with Gasteiger partial charge in [0.2, 0.25) is 5.96 Å². The molecule has 0 radical (unpaired) electrons. The molecule has 3 unspecified atom stereocenters. The quantitative estimate of drug-likeness (QED) is 0.494. The van der Waals surface area contributed by atoms with E-state index in [4.69, 9.17) is 14.5 Å². The van der Waals surface area contributed by atoms with Gasteiger partial charge in [-0.3, -0.25) is 9.69 Å². The van der Waals surface area contributed by atoms with Crippen LogP contribution in [0, 0.1) is 0 Å². The Bertz CT molecular complexity index is 1070. The highest BCUT2D eigenvalue weighted by molar-refractivity contribution is 5.96. The maximum atomic E-state index is 12.7. The Morgan fingerprint density at radius 3 is 2.60 bits per heavy atom. The van der Waals surface area contributed by atoms with E-state index in [0.29, 0.717) is 12.2 Å². The summed E-state index contributed by atoms with van der Waals surface area (Å²) in [5, 5.41) is 10.1. The van der Waals surface area contributed by atoms with Crippen molar-refractivity contribution < 1.29 is 9.47 Å². The summed E-state index contributed by atoms with van der Waals surface area (Å²) in [7, 11) is 0. The average Bonchev–Trinajstić information content (AvgIpc) is 2.85. The van der Waals surface area contributed by atoms with Gasteiger partial charge in [-0.2, -0.15) is 0 Å². The third-order valence-electron chi connectivity index (χ3n) is 6.53. The molecule has 10 nitrogen and oxygen atoms in total. The summed E-state index contributed by atoms with van der Waals surface area (Å²) >= 11 is 0. The van der Waals surface area contributed by atoms with Gasteiger partial charge in [-0.1, -0.05) is 0 Å². The molecule has 188 valence electrons. The number of ether oxygens (including phenoxy) is 2. The summed E-state index contributed by atoms with van der Waals surface area (Å²) in [4.78, 5) is 25.0. The van der Waals surface area contributed by atoms with Crippen LogP contribution in [0.5, 0.6) is 5.75 Å². The normalized spacial score (nSPS) is 24.8. The number of hydrogen-bond donors (Lipinski definition) is 4. The van der Waals surface area contributed by atoms with Crippen LogP contribution in [0.4, 0.5) is 11.4 Å². The standard InChI is InChI=1S/C25H35N7O3/c1-17-15-32(16-18(2)35-17)25-29-21-7-8-27-24(33)22(21)23(30-25)28-19-3-5-20(6-4-19)34-14-13-31-11-9-26-10-12-31/h3-8,17-18,23,26,28H,9-16H2,1-2H3,(H,27,33)(H,29,30). The minimum absolute atomic E-state index is 0.106. The molecule has 1 aromatic heterocycles. The lowest BCUT2D eigenvalue weighted by atomic mass is 10.1. The molecule has 4 heterocycles. The maximum Gasteiger partial charge on any atom is 0.257 e. The molecule has 3 aliphatic heterocycles. The van der Waals surface area contributed by atoms with E-state index >= 15 is 0 Å². The summed E-state index contributed by atoms with van der Waals surface area (Å²) in [6.45, 7) is 11.4. The van der Waals surface area contributed by atoms with Crippen LogP contribution in [0.25, 0.3) is 0 Å². The van der Waals surface area contributed by atoms with Gasteiger partial charge in [-0.15, -0.1) is 0 Å². The number of hydrogen-bond acceptors (Lipinski definition) is 9. The Labute approximate surface area is 205 Å². The molecule has 1 aromatic carbocycles. The maximum absolute atomic E-state index is 12.7. The van der Waals surface area contributed by atoms with Crippen molar-refractivity contribution in [3.05, 3.63) is 52.4 Å². The third-order valence-corrected chi connectivity index (χ3v) is 6.53. The van der Waals surface area contributed by atoms with E-state index < -0.39 is 6.17 Å². The number of rotatable bonds is 6. The van der Waals surface area contributed by atoms with E-state index in [1.54, 1.807) is 6.20 Å². The Kier molecular flexibility index (Phi) is 7.21. The van der Waals surface area contributed by atoms with Crippen molar-refractivity contribution in [1.82, 2.24) is 20.1 Å². The second-order valence-corrected chi connectivity index (χ2v) is 9.39. The van der Waals surface area contributed by atoms with Crippen LogP contribution >= 0.6 is 0 Å². The Morgan fingerprint density at radius 1 is 1.11 bits per heavy atom. The zero-order chi connectivity index (χ0) is 24.2. The van der Waals surface area contributed by atoms with E-state index in [9.17, 15) is 4.79 Å². The van der Waals surface area contributed by atoms with E-state index in [2.05, 4.69) is 44.6 Å². The summed E-state index contributed by atoms with van der Waals surface area (Å²) in [6.07, 6.45) is 1.36. The molecule has 3 aliphatic rings. The number of benzene rings is 1. The first-order valence-corrected chi connectivity index (χ1v) is 12.4. The van der Waals surface area contributed by atoms with Crippen molar-refractivity contribution in [3.63, 3.8) is 0 Å². The van der Waals surface area contributed by atoms with Gasteiger partial charge in [-0.05, 0) is 44.2 Å². The first-order chi connectivity index (χ1) is 17.0. The number of nitrogens with one attached hydrogen (secondary N) is 4. The van der Waals surface area contributed by atoms with Crippen molar-refractivity contribution in [2.45, 2.75) is 32.2 Å². The van der Waals surface area contributed by atoms with Crippen LogP contribution in [0.2, 0.25) is 0 Å². The van der Waals surface area contributed by atoms with Crippen LogP contribution in [0.3, 0.4) is 0 Å². The number of guanidine groups is 1. The molecule has 0 saturated carbocycles. The van der Waals surface area contributed by atoms with Gasteiger partial charge in [-0.25, -0.2) is 4.99 Å². The Balaban J connectivity index is 1.27. The predicted molar refractivity (Wildman–Crippen MR) is 137 cm³/mol. The van der Waals surface area contributed by atoms with Crippen LogP contribution in [0.1, 0.15) is 25.6 Å². The van der Waals surface area contributed by atoms with Gasteiger partial charge in [0.15, 0.2) is 6.17 Å². The van der Waals surface area contributed by atoms with Crippen LogP contribution in [-0.2, 0) is 4.74 Å². The zero-order valence-electron chi connectivity index (χ0n) is 20.4. The largest absolute Gasteiger partial charge is 0.492 e. The molecule has 0 bridgehead atoms. The highest BCUT2D eigenvalue weighted by Crippen LogP contribution is 2.30. The van der Waals surface area contributed by atoms with Crippen molar-refractivity contribution in [2.75, 3.05) is 63.1 Å². The number of piperazine rings is 1. The Morgan fingerprint density at radius 2 is 1.86 bits per heavy atom. The van der Waals surface area contributed by atoms with Crippen LogP contribution < -0.4 is 26.2 Å². The summed E-state index contributed by atoms with van der Waals surface area (Å²) in [5.41, 5.74) is 2.04. The van der Waals surface area contributed by atoms with Gasteiger partial charge in [0, 0.05) is 57.7 Å². The highest BCUT2D eigenvalue weighted by atomic mass is 16.5. The number of pyridine rings is 1. The van der Waals surface area contributed by atoms with E-state index in [-0.39, 0.29) is 17.8 Å². The second kappa shape index (κ2) is 10.7. The number of aromatic nitrogens is 1. The lowest BCUT2D eigenvalue weighted by Gasteiger charge is -2.39. The molecular formula is C25H35N7O3. The molecule has 4 N–H and O–H groups in total. The van der Waals surface area contributed by atoms with Gasteiger partial charge in [0.1, 0.15) is 12.4 Å². The number of H-pyrrole nitrogens is 1.